The molecule has 0 bridgehead atoms. The van der Waals surface area contributed by atoms with Gasteiger partial charge in [0.05, 0.1) is 0 Å². The Morgan fingerprint density at radius 3 is 2.94 bits per heavy atom. The number of fused-ring (bicyclic) bond motifs is 1. The van der Waals surface area contributed by atoms with Crippen molar-refractivity contribution in [1.29, 1.82) is 0 Å². The molecule has 4 nitrogen and oxygen atoms in total. The number of nitrogens with zero attached hydrogens (tertiary/aromatic N) is 2. The fraction of sp³-hybridized carbons (Fsp3) is 0.462. The Kier molecular flexibility index (Phi) is 2.73. The number of H-pyrrole nitrogens is 1. The molecule has 0 spiro atoms. The Morgan fingerprint density at radius 2 is 2.12 bits per heavy atom. The van der Waals surface area contributed by atoms with Gasteiger partial charge in [-0.3, -0.25) is 0 Å². The first-order valence-corrected chi connectivity index (χ1v) is 6.20. The number of aromatic nitrogens is 2. The molecule has 0 aliphatic carbocycles. The molecule has 1 aliphatic rings. The molecule has 0 saturated carbocycles. The number of nitrogens with one attached hydrogen (secondary N) is 2. The van der Waals surface area contributed by atoms with Gasteiger partial charge in [-0.15, -0.1) is 0 Å². The molecule has 4 heteroatoms. The van der Waals surface area contributed by atoms with E-state index in [-0.39, 0.29) is 0 Å². The van der Waals surface area contributed by atoms with E-state index in [0.717, 1.165) is 11.5 Å². The van der Waals surface area contributed by atoms with E-state index in [1.807, 2.05) is 12.3 Å². The zero-order valence-electron chi connectivity index (χ0n) is 10.1. The van der Waals surface area contributed by atoms with Crippen LogP contribution in [0.2, 0.25) is 0 Å². The summed E-state index contributed by atoms with van der Waals surface area (Å²) in [5.74, 6) is 0.981. The Bertz CT molecular complexity index is 497. The normalized spacial score (nSPS) is 18.6. The lowest BCUT2D eigenvalue weighted by molar-refractivity contribution is 0.263. The summed E-state index contributed by atoms with van der Waals surface area (Å²) in [4.78, 5) is 10.1. The van der Waals surface area contributed by atoms with E-state index in [1.54, 1.807) is 0 Å². The average Bonchev–Trinajstić information content (AvgIpc) is 2.79. The van der Waals surface area contributed by atoms with Crippen molar-refractivity contribution in [2.24, 2.45) is 0 Å². The van der Waals surface area contributed by atoms with E-state index in [1.165, 1.54) is 31.3 Å². The second-order valence-electron chi connectivity index (χ2n) is 4.83. The van der Waals surface area contributed by atoms with Crippen molar-refractivity contribution in [3.8, 4) is 0 Å². The molecular weight excluding hydrogens is 212 g/mol. The third-order valence-electron chi connectivity index (χ3n) is 3.48. The standard InChI is InChI=1S/C13H18N4/c1-17-8-5-11(6-9-17)15-12-3-2-10-4-7-14-13(10)16-12/h2-4,7,11H,5-6,8-9H2,1H3,(H2,14,15,16). The second kappa shape index (κ2) is 4.37. The number of aromatic amines is 1. The summed E-state index contributed by atoms with van der Waals surface area (Å²) in [5, 5.41) is 4.69. The fourth-order valence-electron chi connectivity index (χ4n) is 2.37. The molecule has 1 fully saturated rings. The van der Waals surface area contributed by atoms with Crippen LogP contribution < -0.4 is 5.32 Å². The Hall–Kier alpha value is -1.55. The van der Waals surface area contributed by atoms with Gasteiger partial charge in [0, 0.05) is 17.6 Å². The van der Waals surface area contributed by atoms with Crippen LogP contribution in [-0.2, 0) is 0 Å². The van der Waals surface area contributed by atoms with Crippen LogP contribution in [0.3, 0.4) is 0 Å². The molecule has 1 aliphatic heterocycles. The molecule has 2 aromatic heterocycles. The third kappa shape index (κ3) is 2.26. The van der Waals surface area contributed by atoms with Crippen LogP contribution in [0.1, 0.15) is 12.8 Å². The van der Waals surface area contributed by atoms with Crippen LogP contribution in [-0.4, -0.2) is 41.0 Å². The molecule has 0 amide bonds. The smallest absolute Gasteiger partial charge is 0.139 e. The molecule has 2 aromatic rings. The number of hydrogen-bond acceptors (Lipinski definition) is 3. The van der Waals surface area contributed by atoms with Crippen LogP contribution in [0.5, 0.6) is 0 Å². The van der Waals surface area contributed by atoms with E-state index in [2.05, 4.69) is 39.4 Å². The van der Waals surface area contributed by atoms with Gasteiger partial charge in [0.2, 0.25) is 0 Å². The monoisotopic (exact) mass is 230 g/mol. The minimum Gasteiger partial charge on any atom is -0.367 e. The minimum absolute atomic E-state index is 0.561. The van der Waals surface area contributed by atoms with Crippen LogP contribution >= 0.6 is 0 Å². The highest BCUT2D eigenvalue weighted by Gasteiger charge is 2.16. The lowest BCUT2D eigenvalue weighted by Crippen LogP contribution is -2.36. The zero-order valence-corrected chi connectivity index (χ0v) is 10.1. The van der Waals surface area contributed by atoms with E-state index in [9.17, 15) is 0 Å². The van der Waals surface area contributed by atoms with Gasteiger partial charge < -0.3 is 15.2 Å². The maximum Gasteiger partial charge on any atom is 0.139 e. The summed E-state index contributed by atoms with van der Waals surface area (Å²) < 4.78 is 0. The molecule has 0 radical (unpaired) electrons. The molecule has 0 atom stereocenters. The van der Waals surface area contributed by atoms with Crippen molar-refractivity contribution in [3.05, 3.63) is 24.4 Å². The number of likely N-dealkylation sites (tertiary alicyclic amines) is 1. The number of hydrogen-bond donors (Lipinski definition) is 2. The van der Waals surface area contributed by atoms with Crippen LogP contribution in [0.4, 0.5) is 5.82 Å². The quantitative estimate of drug-likeness (QED) is 0.830. The summed E-state index contributed by atoms with van der Waals surface area (Å²) in [7, 11) is 2.18. The maximum absolute atomic E-state index is 4.57. The van der Waals surface area contributed by atoms with Gasteiger partial charge in [0.25, 0.3) is 0 Å². The Labute approximate surface area is 101 Å². The number of rotatable bonds is 2. The SMILES string of the molecule is CN1CCC(Nc2ccc3cc[nH]c3n2)CC1. The highest BCUT2D eigenvalue weighted by molar-refractivity contribution is 5.77. The molecule has 3 rings (SSSR count). The highest BCUT2D eigenvalue weighted by Crippen LogP contribution is 2.17. The first-order chi connectivity index (χ1) is 8.31. The summed E-state index contributed by atoms with van der Waals surface area (Å²) >= 11 is 0. The van der Waals surface area contributed by atoms with Gasteiger partial charge in [0.1, 0.15) is 11.5 Å². The van der Waals surface area contributed by atoms with Crippen molar-refractivity contribution < 1.29 is 0 Å². The van der Waals surface area contributed by atoms with E-state index < -0.39 is 0 Å². The van der Waals surface area contributed by atoms with E-state index in [0.29, 0.717) is 6.04 Å². The van der Waals surface area contributed by atoms with Crippen LogP contribution in [0, 0.1) is 0 Å². The fourth-order valence-corrected chi connectivity index (χ4v) is 2.37. The second-order valence-corrected chi connectivity index (χ2v) is 4.83. The largest absolute Gasteiger partial charge is 0.367 e. The summed E-state index contributed by atoms with van der Waals surface area (Å²) in [6.45, 7) is 2.34. The Balaban J connectivity index is 1.71. The highest BCUT2D eigenvalue weighted by atomic mass is 15.1. The maximum atomic E-state index is 4.57. The van der Waals surface area contributed by atoms with Crippen molar-refractivity contribution in [2.75, 3.05) is 25.5 Å². The molecule has 90 valence electrons. The average molecular weight is 230 g/mol. The lowest BCUT2D eigenvalue weighted by atomic mass is 10.1. The summed E-state index contributed by atoms with van der Waals surface area (Å²) in [5.41, 5.74) is 0.961. The predicted molar refractivity (Wildman–Crippen MR) is 70.2 cm³/mol. The molecule has 2 N–H and O–H groups in total. The Morgan fingerprint density at radius 1 is 1.29 bits per heavy atom. The van der Waals surface area contributed by atoms with Gasteiger partial charge in [-0.05, 0) is 51.2 Å². The predicted octanol–water partition coefficient (Wildman–Crippen LogP) is 2.07. The van der Waals surface area contributed by atoms with Crippen molar-refractivity contribution >= 4 is 16.9 Å². The number of piperidine rings is 1. The molecule has 0 unspecified atom stereocenters. The van der Waals surface area contributed by atoms with Gasteiger partial charge in [-0.2, -0.15) is 0 Å². The van der Waals surface area contributed by atoms with Gasteiger partial charge in [-0.1, -0.05) is 0 Å². The van der Waals surface area contributed by atoms with Crippen LogP contribution in [0.15, 0.2) is 24.4 Å². The molecular formula is C13H18N4. The summed E-state index contributed by atoms with van der Waals surface area (Å²) in [6.07, 6.45) is 4.32. The van der Waals surface area contributed by atoms with Crippen LogP contribution in [0.25, 0.3) is 11.0 Å². The first-order valence-electron chi connectivity index (χ1n) is 6.20. The van der Waals surface area contributed by atoms with E-state index >= 15 is 0 Å². The molecule has 1 saturated heterocycles. The molecule has 0 aromatic carbocycles. The van der Waals surface area contributed by atoms with Crippen molar-refractivity contribution in [1.82, 2.24) is 14.9 Å². The number of anilines is 1. The zero-order chi connectivity index (χ0) is 11.7. The third-order valence-corrected chi connectivity index (χ3v) is 3.48. The summed E-state index contributed by atoms with van der Waals surface area (Å²) in [6, 6.07) is 6.78. The van der Waals surface area contributed by atoms with Gasteiger partial charge in [-0.25, -0.2) is 4.98 Å². The van der Waals surface area contributed by atoms with E-state index in [4.69, 9.17) is 0 Å². The molecule has 3 heterocycles. The van der Waals surface area contributed by atoms with Crippen molar-refractivity contribution in [2.45, 2.75) is 18.9 Å². The topological polar surface area (TPSA) is 44.0 Å². The van der Waals surface area contributed by atoms with Crippen molar-refractivity contribution in [3.63, 3.8) is 0 Å². The lowest BCUT2D eigenvalue weighted by Gasteiger charge is -2.29. The number of pyridine rings is 1. The minimum atomic E-state index is 0.561. The first kappa shape index (κ1) is 10.6. The molecule has 17 heavy (non-hydrogen) atoms. The van der Waals surface area contributed by atoms with Gasteiger partial charge >= 0.3 is 0 Å². The van der Waals surface area contributed by atoms with Gasteiger partial charge in [0.15, 0.2) is 0 Å².